The van der Waals surface area contributed by atoms with E-state index in [9.17, 15) is 18.0 Å². The number of sulfonamides is 1. The standard InChI is InChI=1S/C11H15N3O4S/c15-9-3-4-12-7-10(9)19(17,18)14-6-5-13-11(16)8-1-2-8/h3-4,7-8,14H,1-2,5-6H2,(H,12,15)(H,13,16). The molecule has 1 saturated carbocycles. The average molecular weight is 285 g/mol. The quantitative estimate of drug-likeness (QED) is 0.593. The van der Waals surface area contributed by atoms with Gasteiger partial charge < -0.3 is 10.3 Å². The van der Waals surface area contributed by atoms with Crippen LogP contribution in [-0.2, 0) is 14.8 Å². The van der Waals surface area contributed by atoms with Crippen molar-refractivity contribution in [3.05, 3.63) is 28.7 Å². The van der Waals surface area contributed by atoms with Gasteiger partial charge in [-0.05, 0) is 12.8 Å². The molecule has 0 atom stereocenters. The summed E-state index contributed by atoms with van der Waals surface area (Å²) in [6.45, 7) is 0.258. The molecule has 0 spiro atoms. The monoisotopic (exact) mass is 285 g/mol. The minimum absolute atomic E-state index is 0.0447. The smallest absolute Gasteiger partial charge is 0.245 e. The van der Waals surface area contributed by atoms with Crippen LogP contribution in [0.2, 0.25) is 0 Å². The maximum Gasteiger partial charge on any atom is 0.245 e. The summed E-state index contributed by atoms with van der Waals surface area (Å²) in [7, 11) is -3.84. The highest BCUT2D eigenvalue weighted by Crippen LogP contribution is 2.28. The molecule has 1 fully saturated rings. The Hall–Kier alpha value is -1.67. The van der Waals surface area contributed by atoms with Crippen molar-refractivity contribution in [1.29, 1.82) is 0 Å². The maximum absolute atomic E-state index is 11.8. The normalized spacial score (nSPS) is 15.2. The molecule has 7 nitrogen and oxygen atoms in total. The fourth-order valence-corrected chi connectivity index (χ4v) is 2.63. The number of carbonyl (C=O) groups excluding carboxylic acids is 1. The van der Waals surface area contributed by atoms with Crippen LogP contribution in [0.3, 0.4) is 0 Å². The van der Waals surface area contributed by atoms with E-state index in [1.54, 1.807) is 0 Å². The number of hydrogen-bond acceptors (Lipinski definition) is 4. The third-order valence-electron chi connectivity index (χ3n) is 2.74. The molecule has 3 N–H and O–H groups in total. The highest BCUT2D eigenvalue weighted by atomic mass is 32.2. The zero-order chi connectivity index (χ0) is 13.9. The molecule has 8 heteroatoms. The number of pyridine rings is 1. The van der Waals surface area contributed by atoms with E-state index in [0.29, 0.717) is 0 Å². The number of aromatic amines is 1. The fraction of sp³-hybridized carbons (Fsp3) is 0.455. The summed E-state index contributed by atoms with van der Waals surface area (Å²) in [5.41, 5.74) is -0.576. The minimum atomic E-state index is -3.84. The third-order valence-corrected chi connectivity index (χ3v) is 4.22. The first-order valence-corrected chi connectivity index (χ1v) is 7.43. The molecule has 1 heterocycles. The molecule has 0 saturated heterocycles. The fourth-order valence-electron chi connectivity index (χ4n) is 1.55. The van der Waals surface area contributed by atoms with Gasteiger partial charge in [0, 0.05) is 37.5 Å². The van der Waals surface area contributed by atoms with Crippen molar-refractivity contribution < 1.29 is 13.2 Å². The van der Waals surface area contributed by atoms with Crippen molar-refractivity contribution in [2.45, 2.75) is 17.7 Å². The van der Waals surface area contributed by atoms with Gasteiger partial charge >= 0.3 is 0 Å². The first-order valence-electron chi connectivity index (χ1n) is 5.95. The van der Waals surface area contributed by atoms with Crippen LogP contribution < -0.4 is 15.5 Å². The molecule has 0 aliphatic heterocycles. The van der Waals surface area contributed by atoms with E-state index < -0.39 is 15.5 Å². The first-order chi connectivity index (χ1) is 9.00. The van der Waals surface area contributed by atoms with E-state index in [1.807, 2.05) is 0 Å². The van der Waals surface area contributed by atoms with Crippen LogP contribution in [0.5, 0.6) is 0 Å². The Morgan fingerprint density at radius 1 is 1.37 bits per heavy atom. The number of amides is 1. The van der Waals surface area contributed by atoms with E-state index in [0.717, 1.165) is 25.1 Å². The Balaban J connectivity index is 1.86. The molecular weight excluding hydrogens is 270 g/mol. The van der Waals surface area contributed by atoms with Gasteiger partial charge in [0.2, 0.25) is 21.4 Å². The average Bonchev–Trinajstić information content (AvgIpc) is 3.19. The Bertz CT molecular complexity index is 619. The number of hydrogen-bond donors (Lipinski definition) is 3. The summed E-state index contributed by atoms with van der Waals surface area (Å²) in [5, 5.41) is 2.63. The number of nitrogens with one attached hydrogen (secondary N) is 3. The molecule has 1 aromatic heterocycles. The van der Waals surface area contributed by atoms with Gasteiger partial charge in [-0.15, -0.1) is 0 Å². The van der Waals surface area contributed by atoms with Gasteiger partial charge in [-0.3, -0.25) is 9.59 Å². The molecule has 0 aromatic carbocycles. The van der Waals surface area contributed by atoms with Crippen molar-refractivity contribution in [3.63, 3.8) is 0 Å². The largest absolute Gasteiger partial charge is 0.366 e. The first kappa shape index (κ1) is 13.8. The van der Waals surface area contributed by atoms with Gasteiger partial charge in [0.25, 0.3) is 0 Å². The molecule has 1 aliphatic carbocycles. The number of rotatable bonds is 6. The summed E-state index contributed by atoms with van der Waals surface area (Å²) in [4.78, 5) is 24.9. The molecule has 1 amide bonds. The number of H-pyrrole nitrogens is 1. The summed E-state index contributed by atoms with van der Waals surface area (Å²) >= 11 is 0. The van der Waals surface area contributed by atoms with Crippen LogP contribution in [0.4, 0.5) is 0 Å². The Labute approximate surface area is 110 Å². The molecule has 1 aromatic rings. The second-order valence-corrected chi connectivity index (χ2v) is 6.07. The van der Waals surface area contributed by atoms with E-state index >= 15 is 0 Å². The van der Waals surface area contributed by atoms with Crippen LogP contribution in [0.15, 0.2) is 28.2 Å². The lowest BCUT2D eigenvalue weighted by Gasteiger charge is -2.07. The van der Waals surface area contributed by atoms with E-state index in [-0.39, 0.29) is 29.8 Å². The third kappa shape index (κ3) is 3.65. The molecule has 2 rings (SSSR count). The summed E-state index contributed by atoms with van der Waals surface area (Å²) < 4.78 is 25.9. The molecule has 104 valence electrons. The van der Waals surface area contributed by atoms with Crippen molar-refractivity contribution in [1.82, 2.24) is 15.0 Å². The number of aromatic nitrogens is 1. The Kier molecular flexibility index (Phi) is 4.01. The molecule has 0 bridgehead atoms. The molecule has 1 aliphatic rings. The summed E-state index contributed by atoms with van der Waals surface area (Å²) in [5.74, 6) is 0.0466. The zero-order valence-electron chi connectivity index (χ0n) is 10.2. The maximum atomic E-state index is 11.8. The lowest BCUT2D eigenvalue weighted by Crippen LogP contribution is -2.36. The minimum Gasteiger partial charge on any atom is -0.366 e. The van der Waals surface area contributed by atoms with Crippen LogP contribution >= 0.6 is 0 Å². The predicted octanol–water partition coefficient (Wildman–Crippen LogP) is -0.821. The van der Waals surface area contributed by atoms with Crippen LogP contribution in [0, 0.1) is 5.92 Å². The second-order valence-electron chi connectivity index (χ2n) is 4.34. The van der Waals surface area contributed by atoms with Gasteiger partial charge in [-0.2, -0.15) is 0 Å². The molecular formula is C11H15N3O4S. The van der Waals surface area contributed by atoms with Gasteiger partial charge in [-0.1, -0.05) is 0 Å². The van der Waals surface area contributed by atoms with Gasteiger partial charge in [0.15, 0.2) is 0 Å². The van der Waals surface area contributed by atoms with Gasteiger partial charge in [0.1, 0.15) is 4.90 Å². The topological polar surface area (TPSA) is 108 Å². The van der Waals surface area contributed by atoms with Crippen LogP contribution in [-0.4, -0.2) is 32.4 Å². The SMILES string of the molecule is O=C(NCCNS(=O)(=O)c1c[nH]ccc1=O)C1CC1. The van der Waals surface area contributed by atoms with Crippen LogP contribution in [0.25, 0.3) is 0 Å². The second kappa shape index (κ2) is 5.54. The van der Waals surface area contributed by atoms with Crippen molar-refractivity contribution in [2.24, 2.45) is 5.92 Å². The van der Waals surface area contributed by atoms with Gasteiger partial charge in [-0.25, -0.2) is 13.1 Å². The van der Waals surface area contributed by atoms with E-state index in [2.05, 4.69) is 15.0 Å². The Morgan fingerprint density at radius 2 is 2.11 bits per heavy atom. The molecule has 19 heavy (non-hydrogen) atoms. The summed E-state index contributed by atoms with van der Waals surface area (Å²) in [6.07, 6.45) is 4.29. The highest BCUT2D eigenvalue weighted by Gasteiger charge is 2.29. The van der Waals surface area contributed by atoms with Crippen molar-refractivity contribution in [2.75, 3.05) is 13.1 Å². The number of carbonyl (C=O) groups is 1. The van der Waals surface area contributed by atoms with Gasteiger partial charge in [0.05, 0.1) is 0 Å². The predicted molar refractivity (Wildman–Crippen MR) is 68.0 cm³/mol. The molecule has 0 unspecified atom stereocenters. The van der Waals surface area contributed by atoms with E-state index in [4.69, 9.17) is 0 Å². The zero-order valence-corrected chi connectivity index (χ0v) is 11.0. The van der Waals surface area contributed by atoms with Crippen molar-refractivity contribution >= 4 is 15.9 Å². The molecule has 0 radical (unpaired) electrons. The van der Waals surface area contributed by atoms with Crippen molar-refractivity contribution in [3.8, 4) is 0 Å². The Morgan fingerprint density at radius 3 is 2.74 bits per heavy atom. The lowest BCUT2D eigenvalue weighted by atomic mass is 10.4. The lowest BCUT2D eigenvalue weighted by molar-refractivity contribution is -0.122. The summed E-state index contributed by atoms with van der Waals surface area (Å²) in [6, 6.07) is 1.14. The van der Waals surface area contributed by atoms with E-state index in [1.165, 1.54) is 6.20 Å². The highest BCUT2D eigenvalue weighted by molar-refractivity contribution is 7.89. The van der Waals surface area contributed by atoms with Crippen LogP contribution in [0.1, 0.15) is 12.8 Å².